The maximum atomic E-state index is 10.8. The number of urea groups is 1. The van der Waals surface area contributed by atoms with Crippen molar-refractivity contribution in [3.05, 3.63) is 72.8 Å². The Kier molecular flexibility index (Phi) is 4.44. The van der Waals surface area contributed by atoms with Crippen LogP contribution in [0, 0.1) is 0 Å². The van der Waals surface area contributed by atoms with Gasteiger partial charge in [0.05, 0.1) is 12.9 Å². The number of ether oxygens (including phenoxy) is 1. The lowest BCUT2D eigenvalue weighted by Gasteiger charge is -2.12. The SMILES string of the molecule is NC(=O)N(O)Cc1ccc(Oc2ccc(-n3ccnc3)cc2)cc1. The van der Waals surface area contributed by atoms with Crippen molar-refractivity contribution < 1.29 is 14.7 Å². The van der Waals surface area contributed by atoms with Gasteiger partial charge in [0.1, 0.15) is 11.5 Å². The molecule has 2 aromatic carbocycles. The zero-order chi connectivity index (χ0) is 16.9. The Morgan fingerprint density at radius 3 is 2.29 bits per heavy atom. The van der Waals surface area contributed by atoms with Crippen LogP contribution >= 0.6 is 0 Å². The largest absolute Gasteiger partial charge is 0.457 e. The van der Waals surface area contributed by atoms with Crippen LogP contribution in [0.1, 0.15) is 5.56 Å². The monoisotopic (exact) mass is 324 g/mol. The van der Waals surface area contributed by atoms with Crippen LogP contribution in [0.3, 0.4) is 0 Å². The molecule has 3 N–H and O–H groups in total. The lowest BCUT2D eigenvalue weighted by atomic mass is 10.2. The summed E-state index contributed by atoms with van der Waals surface area (Å²) < 4.78 is 7.67. The minimum absolute atomic E-state index is 0.0230. The van der Waals surface area contributed by atoms with E-state index in [1.807, 2.05) is 35.0 Å². The number of hydrogen-bond donors (Lipinski definition) is 2. The summed E-state index contributed by atoms with van der Waals surface area (Å²) in [4.78, 5) is 14.8. The zero-order valence-corrected chi connectivity index (χ0v) is 12.7. The molecule has 0 radical (unpaired) electrons. The third kappa shape index (κ3) is 3.71. The van der Waals surface area contributed by atoms with Gasteiger partial charge in [0.25, 0.3) is 0 Å². The van der Waals surface area contributed by atoms with Crippen molar-refractivity contribution in [1.29, 1.82) is 0 Å². The summed E-state index contributed by atoms with van der Waals surface area (Å²) in [7, 11) is 0. The molecule has 1 heterocycles. The predicted molar refractivity (Wildman–Crippen MR) is 87.0 cm³/mol. The van der Waals surface area contributed by atoms with Crippen molar-refractivity contribution >= 4 is 6.03 Å². The fourth-order valence-electron chi connectivity index (χ4n) is 2.15. The summed E-state index contributed by atoms with van der Waals surface area (Å²) in [6, 6.07) is 13.7. The number of primary amides is 1. The average Bonchev–Trinajstić information content (AvgIpc) is 3.12. The van der Waals surface area contributed by atoms with Crippen LogP contribution in [0.15, 0.2) is 67.3 Å². The van der Waals surface area contributed by atoms with Gasteiger partial charge in [-0.15, -0.1) is 0 Å². The smallest absolute Gasteiger partial charge is 0.338 e. The van der Waals surface area contributed by atoms with Crippen molar-refractivity contribution in [3.8, 4) is 17.2 Å². The molecular formula is C17H16N4O3. The highest BCUT2D eigenvalue weighted by molar-refractivity contribution is 5.70. The Labute approximate surface area is 138 Å². The third-order valence-electron chi connectivity index (χ3n) is 3.39. The highest BCUT2D eigenvalue weighted by Gasteiger charge is 2.06. The standard InChI is InChI=1S/C17H16N4O3/c18-17(22)21(23)11-13-1-5-15(6-2-13)24-16-7-3-14(4-8-16)20-10-9-19-12-20/h1-10,12,23H,11H2,(H2,18,22). The van der Waals surface area contributed by atoms with Crippen LogP contribution in [0.2, 0.25) is 0 Å². The van der Waals surface area contributed by atoms with Gasteiger partial charge in [0.15, 0.2) is 0 Å². The van der Waals surface area contributed by atoms with Crippen LogP contribution in [-0.2, 0) is 6.54 Å². The Balaban J connectivity index is 1.64. The predicted octanol–water partition coefficient (Wildman–Crippen LogP) is 2.93. The number of amides is 2. The van der Waals surface area contributed by atoms with E-state index in [2.05, 4.69) is 4.98 Å². The molecule has 2 amide bonds. The van der Waals surface area contributed by atoms with Gasteiger partial charge in [-0.3, -0.25) is 5.21 Å². The molecule has 0 aliphatic rings. The first-order chi connectivity index (χ1) is 11.6. The van der Waals surface area contributed by atoms with Crippen molar-refractivity contribution in [1.82, 2.24) is 14.6 Å². The molecule has 7 nitrogen and oxygen atoms in total. The van der Waals surface area contributed by atoms with Crippen LogP contribution < -0.4 is 10.5 Å². The second-order valence-corrected chi connectivity index (χ2v) is 5.11. The maximum absolute atomic E-state index is 10.8. The molecule has 7 heteroatoms. The minimum Gasteiger partial charge on any atom is -0.457 e. The Bertz CT molecular complexity index is 799. The maximum Gasteiger partial charge on any atom is 0.338 e. The number of nitrogens with two attached hydrogens (primary N) is 1. The van der Waals surface area contributed by atoms with Crippen LogP contribution in [-0.4, -0.2) is 25.9 Å². The van der Waals surface area contributed by atoms with Crippen molar-refractivity contribution in [2.75, 3.05) is 0 Å². The molecule has 0 aliphatic heterocycles. The topological polar surface area (TPSA) is 93.6 Å². The number of nitrogens with zero attached hydrogens (tertiary/aromatic N) is 3. The molecule has 1 aromatic heterocycles. The normalized spacial score (nSPS) is 10.4. The summed E-state index contributed by atoms with van der Waals surface area (Å²) in [6.07, 6.45) is 5.31. The first kappa shape index (κ1) is 15.6. The quantitative estimate of drug-likeness (QED) is 0.557. The molecular weight excluding hydrogens is 308 g/mol. The Morgan fingerprint density at radius 1 is 1.12 bits per heavy atom. The summed E-state index contributed by atoms with van der Waals surface area (Å²) >= 11 is 0. The van der Waals surface area contributed by atoms with Crippen LogP contribution in [0.5, 0.6) is 11.5 Å². The first-order valence-electron chi connectivity index (χ1n) is 7.23. The van der Waals surface area contributed by atoms with Gasteiger partial charge < -0.3 is 15.0 Å². The second kappa shape index (κ2) is 6.84. The van der Waals surface area contributed by atoms with Gasteiger partial charge in [-0.05, 0) is 42.0 Å². The van der Waals surface area contributed by atoms with E-state index in [1.54, 1.807) is 36.8 Å². The van der Waals surface area contributed by atoms with Gasteiger partial charge in [-0.1, -0.05) is 12.1 Å². The van der Waals surface area contributed by atoms with Gasteiger partial charge >= 0.3 is 6.03 Å². The van der Waals surface area contributed by atoms with Crippen molar-refractivity contribution in [2.45, 2.75) is 6.54 Å². The van der Waals surface area contributed by atoms with E-state index in [0.717, 1.165) is 11.3 Å². The molecule has 0 fully saturated rings. The van der Waals surface area contributed by atoms with Crippen LogP contribution in [0.4, 0.5) is 4.79 Å². The lowest BCUT2D eigenvalue weighted by molar-refractivity contribution is -0.0470. The minimum atomic E-state index is -0.895. The number of hydrogen-bond acceptors (Lipinski definition) is 4. The van der Waals surface area contributed by atoms with Crippen molar-refractivity contribution in [2.24, 2.45) is 5.73 Å². The highest BCUT2D eigenvalue weighted by Crippen LogP contribution is 2.23. The third-order valence-corrected chi connectivity index (χ3v) is 3.39. The Hall–Kier alpha value is -3.32. The number of carbonyl (C=O) groups is 1. The van der Waals surface area contributed by atoms with Gasteiger partial charge in [0, 0.05) is 18.1 Å². The fraction of sp³-hybridized carbons (Fsp3) is 0.0588. The van der Waals surface area contributed by atoms with Crippen LogP contribution in [0.25, 0.3) is 5.69 Å². The molecule has 24 heavy (non-hydrogen) atoms. The highest BCUT2D eigenvalue weighted by atomic mass is 16.5. The Morgan fingerprint density at radius 2 is 1.75 bits per heavy atom. The number of rotatable bonds is 5. The van der Waals surface area contributed by atoms with E-state index in [1.165, 1.54) is 0 Å². The molecule has 0 bridgehead atoms. The summed E-state index contributed by atoms with van der Waals surface area (Å²) in [5, 5.41) is 9.76. The van der Waals surface area contributed by atoms with E-state index >= 15 is 0 Å². The number of hydroxylamine groups is 2. The molecule has 0 spiro atoms. The van der Waals surface area contributed by atoms with E-state index < -0.39 is 6.03 Å². The molecule has 0 saturated heterocycles. The average molecular weight is 324 g/mol. The van der Waals surface area contributed by atoms with Gasteiger partial charge in [-0.2, -0.15) is 0 Å². The van der Waals surface area contributed by atoms with Crippen molar-refractivity contribution in [3.63, 3.8) is 0 Å². The summed E-state index contributed by atoms with van der Waals surface area (Å²) in [6.45, 7) is 0.0230. The first-order valence-corrected chi connectivity index (χ1v) is 7.23. The van der Waals surface area contributed by atoms with E-state index in [-0.39, 0.29) is 6.54 Å². The lowest BCUT2D eigenvalue weighted by Crippen LogP contribution is -2.31. The molecule has 0 atom stereocenters. The zero-order valence-electron chi connectivity index (χ0n) is 12.7. The number of aromatic nitrogens is 2. The van der Waals surface area contributed by atoms with E-state index in [4.69, 9.17) is 10.5 Å². The summed E-state index contributed by atoms with van der Waals surface area (Å²) in [5.41, 5.74) is 6.70. The molecule has 3 aromatic rings. The molecule has 3 rings (SSSR count). The molecule has 0 saturated carbocycles. The second-order valence-electron chi connectivity index (χ2n) is 5.11. The number of benzene rings is 2. The van der Waals surface area contributed by atoms with E-state index in [0.29, 0.717) is 16.6 Å². The van der Waals surface area contributed by atoms with E-state index in [9.17, 15) is 10.0 Å². The number of carbonyl (C=O) groups excluding carboxylic acids is 1. The molecule has 0 aliphatic carbocycles. The molecule has 0 unspecified atom stereocenters. The fourth-order valence-corrected chi connectivity index (χ4v) is 2.15. The number of imidazole rings is 1. The summed E-state index contributed by atoms with van der Waals surface area (Å²) in [5.74, 6) is 1.35. The molecule has 122 valence electrons. The van der Waals surface area contributed by atoms with Gasteiger partial charge in [0.2, 0.25) is 0 Å². The van der Waals surface area contributed by atoms with Gasteiger partial charge in [-0.25, -0.2) is 14.8 Å².